The summed E-state index contributed by atoms with van der Waals surface area (Å²) in [6.07, 6.45) is 4.06. The summed E-state index contributed by atoms with van der Waals surface area (Å²) in [6, 6.07) is 8.31. The fraction of sp³-hybridized carbons (Fsp3) is 0.474. The SMILES string of the molecule is CC(C)(C)OC(=O)NC1CCC(Nc2c(N)cnc3ccccc23)C1. The van der Waals surface area contributed by atoms with Gasteiger partial charge in [0.05, 0.1) is 23.1 Å². The highest BCUT2D eigenvalue weighted by Crippen LogP contribution is 2.31. The van der Waals surface area contributed by atoms with Crippen molar-refractivity contribution in [1.82, 2.24) is 10.3 Å². The van der Waals surface area contributed by atoms with Gasteiger partial charge >= 0.3 is 6.09 Å². The average Bonchev–Trinajstić information content (AvgIpc) is 2.95. The number of nitrogen functional groups attached to an aromatic ring is 1. The molecule has 1 amide bonds. The van der Waals surface area contributed by atoms with Crippen LogP contribution < -0.4 is 16.4 Å². The molecule has 0 saturated heterocycles. The Balaban J connectivity index is 1.64. The lowest BCUT2D eigenvalue weighted by Gasteiger charge is -2.22. The summed E-state index contributed by atoms with van der Waals surface area (Å²) in [5.74, 6) is 0. The van der Waals surface area contributed by atoms with Crippen LogP contribution in [0.15, 0.2) is 30.5 Å². The number of fused-ring (bicyclic) bond motifs is 1. The molecule has 1 aromatic carbocycles. The molecule has 0 radical (unpaired) electrons. The van der Waals surface area contributed by atoms with Gasteiger partial charge in [-0.2, -0.15) is 0 Å². The van der Waals surface area contributed by atoms with Gasteiger partial charge in [0.25, 0.3) is 0 Å². The van der Waals surface area contributed by atoms with Crippen molar-refractivity contribution in [1.29, 1.82) is 0 Å². The van der Waals surface area contributed by atoms with Crippen LogP contribution in [-0.2, 0) is 4.74 Å². The summed E-state index contributed by atoms with van der Waals surface area (Å²) >= 11 is 0. The van der Waals surface area contributed by atoms with E-state index < -0.39 is 5.60 Å². The molecule has 1 aliphatic rings. The van der Waals surface area contributed by atoms with Gasteiger partial charge in [-0.1, -0.05) is 18.2 Å². The van der Waals surface area contributed by atoms with Crippen molar-refractivity contribution >= 4 is 28.4 Å². The number of pyridine rings is 1. The number of ether oxygens (including phenoxy) is 1. The van der Waals surface area contributed by atoms with Gasteiger partial charge in [-0.05, 0) is 46.1 Å². The number of alkyl carbamates (subject to hydrolysis) is 1. The summed E-state index contributed by atoms with van der Waals surface area (Å²) in [7, 11) is 0. The molecule has 1 heterocycles. The molecule has 0 bridgehead atoms. The number of amides is 1. The number of benzene rings is 1. The highest BCUT2D eigenvalue weighted by atomic mass is 16.6. The minimum absolute atomic E-state index is 0.113. The number of hydrogen-bond donors (Lipinski definition) is 3. The van der Waals surface area contributed by atoms with Crippen LogP contribution in [0.4, 0.5) is 16.2 Å². The van der Waals surface area contributed by atoms with E-state index in [1.165, 1.54) is 0 Å². The van der Waals surface area contributed by atoms with Crippen LogP contribution in [0.1, 0.15) is 40.0 Å². The third-order valence-corrected chi connectivity index (χ3v) is 4.31. The number of nitrogens with one attached hydrogen (secondary N) is 2. The fourth-order valence-corrected chi connectivity index (χ4v) is 3.24. The normalized spacial score (nSPS) is 20.4. The van der Waals surface area contributed by atoms with Gasteiger partial charge in [0.2, 0.25) is 0 Å². The molecule has 134 valence electrons. The van der Waals surface area contributed by atoms with Crippen molar-refractivity contribution < 1.29 is 9.53 Å². The van der Waals surface area contributed by atoms with Crippen LogP contribution in [0.5, 0.6) is 0 Å². The molecule has 1 saturated carbocycles. The number of aromatic nitrogens is 1. The predicted octanol–water partition coefficient (Wildman–Crippen LogP) is 3.67. The summed E-state index contributed by atoms with van der Waals surface area (Å²) < 4.78 is 5.33. The van der Waals surface area contributed by atoms with Gasteiger partial charge in [0.1, 0.15) is 5.60 Å². The number of rotatable bonds is 3. The molecule has 1 fully saturated rings. The molecule has 2 aromatic rings. The molecule has 3 rings (SSSR count). The number of nitrogens with two attached hydrogens (primary N) is 1. The topological polar surface area (TPSA) is 89.3 Å². The number of para-hydroxylation sites is 1. The summed E-state index contributed by atoms with van der Waals surface area (Å²) in [6.45, 7) is 5.59. The Morgan fingerprint density at radius 1 is 1.24 bits per heavy atom. The highest BCUT2D eigenvalue weighted by molar-refractivity contribution is 5.96. The van der Waals surface area contributed by atoms with Crippen molar-refractivity contribution in [2.24, 2.45) is 0 Å². The van der Waals surface area contributed by atoms with Gasteiger partial charge < -0.3 is 21.1 Å². The summed E-state index contributed by atoms with van der Waals surface area (Å²) in [5.41, 5.74) is 8.14. The molecule has 4 N–H and O–H groups in total. The Morgan fingerprint density at radius 2 is 1.96 bits per heavy atom. The smallest absolute Gasteiger partial charge is 0.407 e. The van der Waals surface area contributed by atoms with Gasteiger partial charge in [0.15, 0.2) is 0 Å². The number of hydrogen-bond acceptors (Lipinski definition) is 5. The molecular weight excluding hydrogens is 316 g/mol. The molecule has 0 spiro atoms. The van der Waals surface area contributed by atoms with Crippen LogP contribution in [-0.4, -0.2) is 28.8 Å². The molecule has 2 atom stereocenters. The molecule has 2 unspecified atom stereocenters. The van der Waals surface area contributed by atoms with Crippen molar-refractivity contribution in [3.8, 4) is 0 Å². The lowest BCUT2D eigenvalue weighted by Crippen LogP contribution is -2.38. The number of nitrogens with zero attached hydrogens (tertiary/aromatic N) is 1. The minimum atomic E-state index is -0.481. The largest absolute Gasteiger partial charge is 0.444 e. The van der Waals surface area contributed by atoms with Crippen molar-refractivity contribution in [2.45, 2.75) is 57.7 Å². The quantitative estimate of drug-likeness (QED) is 0.792. The highest BCUT2D eigenvalue weighted by Gasteiger charge is 2.28. The van der Waals surface area contributed by atoms with E-state index in [0.717, 1.165) is 35.9 Å². The van der Waals surface area contributed by atoms with Crippen molar-refractivity contribution in [2.75, 3.05) is 11.1 Å². The van der Waals surface area contributed by atoms with E-state index in [2.05, 4.69) is 15.6 Å². The van der Waals surface area contributed by atoms with Gasteiger partial charge in [-0.3, -0.25) is 4.98 Å². The zero-order chi connectivity index (χ0) is 18.0. The van der Waals surface area contributed by atoms with Crippen molar-refractivity contribution in [3.63, 3.8) is 0 Å². The maximum absolute atomic E-state index is 11.9. The van der Waals surface area contributed by atoms with E-state index in [1.54, 1.807) is 6.20 Å². The maximum atomic E-state index is 11.9. The molecule has 1 aromatic heterocycles. The Labute approximate surface area is 148 Å². The standard InChI is InChI=1S/C19H26N4O2/c1-19(2,3)25-18(24)23-13-9-8-12(10-13)22-17-14-6-4-5-7-16(14)21-11-15(17)20/h4-7,11-13H,8-10,20H2,1-3H3,(H,21,22)(H,23,24). The number of carbonyl (C=O) groups is 1. The van der Waals surface area contributed by atoms with Gasteiger partial charge in [-0.25, -0.2) is 4.79 Å². The minimum Gasteiger partial charge on any atom is -0.444 e. The predicted molar refractivity (Wildman–Crippen MR) is 101 cm³/mol. The Morgan fingerprint density at radius 3 is 2.72 bits per heavy atom. The second-order valence-corrected chi connectivity index (χ2v) is 7.60. The maximum Gasteiger partial charge on any atom is 0.407 e. The van der Waals surface area contributed by atoms with Crippen LogP contribution in [0.3, 0.4) is 0 Å². The van der Waals surface area contributed by atoms with Crippen LogP contribution in [0, 0.1) is 0 Å². The van der Waals surface area contributed by atoms with E-state index in [-0.39, 0.29) is 18.2 Å². The second kappa shape index (κ2) is 6.78. The molecule has 6 heteroatoms. The fourth-order valence-electron chi connectivity index (χ4n) is 3.24. The van der Waals surface area contributed by atoms with Gasteiger partial charge in [0, 0.05) is 17.5 Å². The van der Waals surface area contributed by atoms with Crippen molar-refractivity contribution in [3.05, 3.63) is 30.5 Å². The second-order valence-electron chi connectivity index (χ2n) is 7.60. The monoisotopic (exact) mass is 342 g/mol. The summed E-state index contributed by atoms with van der Waals surface area (Å²) in [4.78, 5) is 16.3. The Hall–Kier alpha value is -2.50. The van der Waals surface area contributed by atoms with E-state index in [4.69, 9.17) is 10.5 Å². The average molecular weight is 342 g/mol. The van der Waals surface area contributed by atoms with Crippen LogP contribution in [0.25, 0.3) is 10.9 Å². The summed E-state index contributed by atoms with van der Waals surface area (Å²) in [5, 5.41) is 7.52. The number of anilines is 2. The van der Waals surface area contributed by atoms with Crippen LogP contribution >= 0.6 is 0 Å². The lowest BCUT2D eigenvalue weighted by atomic mass is 10.1. The number of carbonyl (C=O) groups excluding carboxylic acids is 1. The molecule has 6 nitrogen and oxygen atoms in total. The first-order valence-corrected chi connectivity index (χ1v) is 8.71. The van der Waals surface area contributed by atoms with Crippen LogP contribution in [0.2, 0.25) is 0 Å². The molecule has 25 heavy (non-hydrogen) atoms. The zero-order valence-corrected chi connectivity index (χ0v) is 15.0. The van der Waals surface area contributed by atoms with E-state index in [9.17, 15) is 4.79 Å². The zero-order valence-electron chi connectivity index (χ0n) is 15.0. The third kappa shape index (κ3) is 4.32. The first kappa shape index (κ1) is 17.3. The molecule has 0 aliphatic heterocycles. The lowest BCUT2D eigenvalue weighted by molar-refractivity contribution is 0.0505. The van der Waals surface area contributed by atoms with E-state index >= 15 is 0 Å². The Kier molecular flexibility index (Phi) is 4.70. The molecule has 1 aliphatic carbocycles. The Bertz CT molecular complexity index is 770. The molecular formula is C19H26N4O2. The van der Waals surface area contributed by atoms with Gasteiger partial charge in [-0.15, -0.1) is 0 Å². The van der Waals surface area contributed by atoms with E-state index in [0.29, 0.717) is 5.69 Å². The first-order chi connectivity index (χ1) is 11.8. The first-order valence-electron chi connectivity index (χ1n) is 8.71. The van der Waals surface area contributed by atoms with E-state index in [1.807, 2.05) is 45.0 Å². The third-order valence-electron chi connectivity index (χ3n) is 4.31.